The van der Waals surface area contributed by atoms with Crippen LogP contribution in [0.5, 0.6) is 5.75 Å². The summed E-state index contributed by atoms with van der Waals surface area (Å²) in [5.41, 5.74) is 1.02. The monoisotopic (exact) mass is 407 g/mol. The molecule has 3 aliphatic heterocycles. The van der Waals surface area contributed by atoms with E-state index >= 15 is 0 Å². The molecule has 0 bridgehead atoms. The molecule has 3 heterocycles. The van der Waals surface area contributed by atoms with E-state index in [4.69, 9.17) is 28.4 Å². The minimum Gasteiger partial charge on any atom is -0.496 e. The van der Waals surface area contributed by atoms with Crippen LogP contribution in [0.1, 0.15) is 33.3 Å². The van der Waals surface area contributed by atoms with Crippen molar-refractivity contribution in [2.24, 2.45) is 0 Å². The van der Waals surface area contributed by atoms with E-state index in [9.17, 15) is 4.79 Å². The largest absolute Gasteiger partial charge is 0.496 e. The summed E-state index contributed by atoms with van der Waals surface area (Å²) < 4.78 is 35.2. The van der Waals surface area contributed by atoms with Crippen LogP contribution < -0.4 is 10.1 Å². The van der Waals surface area contributed by atoms with Crippen LogP contribution in [0.4, 0.5) is 0 Å². The van der Waals surface area contributed by atoms with Crippen LogP contribution in [0.3, 0.4) is 0 Å². The highest BCUT2D eigenvalue weighted by Crippen LogP contribution is 2.44. The molecule has 0 spiro atoms. The first-order valence-electron chi connectivity index (χ1n) is 9.95. The van der Waals surface area contributed by atoms with Crippen molar-refractivity contribution in [2.75, 3.05) is 13.7 Å². The van der Waals surface area contributed by atoms with E-state index in [0.717, 1.165) is 11.3 Å². The van der Waals surface area contributed by atoms with E-state index in [2.05, 4.69) is 5.32 Å². The third kappa shape index (κ3) is 4.13. The number of benzene rings is 1. The summed E-state index contributed by atoms with van der Waals surface area (Å²) in [5, 5.41) is 2.94. The number of rotatable bonds is 5. The molecule has 1 aromatic carbocycles. The predicted octanol–water partition coefficient (Wildman–Crippen LogP) is 1.75. The van der Waals surface area contributed by atoms with E-state index in [0.29, 0.717) is 13.0 Å². The SMILES string of the molecule is COc1ccccc1CCNC(=O)C1OC2OC(C)(C)OC2C2OC(C)(C)OC12. The molecule has 0 aliphatic carbocycles. The van der Waals surface area contributed by atoms with Gasteiger partial charge in [-0.1, -0.05) is 18.2 Å². The smallest absolute Gasteiger partial charge is 0.252 e. The summed E-state index contributed by atoms with van der Waals surface area (Å²) in [6.07, 6.45) is -2.37. The minimum absolute atomic E-state index is 0.261. The van der Waals surface area contributed by atoms with Crippen LogP contribution in [0, 0.1) is 0 Å². The summed E-state index contributed by atoms with van der Waals surface area (Å²) in [6.45, 7) is 7.70. The fourth-order valence-electron chi connectivity index (χ4n) is 4.15. The lowest BCUT2D eigenvalue weighted by Crippen LogP contribution is -2.59. The average Bonchev–Trinajstić information content (AvgIpc) is 3.15. The summed E-state index contributed by atoms with van der Waals surface area (Å²) >= 11 is 0. The average molecular weight is 407 g/mol. The zero-order valence-corrected chi connectivity index (χ0v) is 17.5. The number of carbonyl (C=O) groups is 1. The molecular weight excluding hydrogens is 378 g/mol. The Hall–Kier alpha value is -1.71. The summed E-state index contributed by atoms with van der Waals surface area (Å²) in [6, 6.07) is 7.74. The molecular formula is C21H29NO7. The third-order valence-electron chi connectivity index (χ3n) is 5.30. The number of para-hydroxylation sites is 1. The molecule has 8 heteroatoms. The summed E-state index contributed by atoms with van der Waals surface area (Å²) in [7, 11) is 1.63. The Morgan fingerprint density at radius 1 is 1.00 bits per heavy atom. The van der Waals surface area contributed by atoms with E-state index in [1.165, 1.54) is 0 Å². The highest BCUT2D eigenvalue weighted by molar-refractivity contribution is 5.81. The Kier molecular flexibility index (Phi) is 5.33. The molecule has 5 unspecified atom stereocenters. The first-order valence-corrected chi connectivity index (χ1v) is 9.95. The zero-order chi connectivity index (χ0) is 20.8. The van der Waals surface area contributed by atoms with Gasteiger partial charge >= 0.3 is 0 Å². The Morgan fingerprint density at radius 2 is 1.66 bits per heavy atom. The number of carbonyl (C=O) groups excluding carboxylic acids is 1. The number of hydrogen-bond donors (Lipinski definition) is 1. The zero-order valence-electron chi connectivity index (χ0n) is 17.5. The molecule has 5 atom stereocenters. The highest BCUT2D eigenvalue weighted by Gasteiger charge is 2.62. The number of fused-ring (bicyclic) bond motifs is 3. The lowest BCUT2D eigenvalue weighted by molar-refractivity contribution is -0.231. The van der Waals surface area contributed by atoms with Crippen molar-refractivity contribution in [3.05, 3.63) is 29.8 Å². The van der Waals surface area contributed by atoms with Crippen molar-refractivity contribution >= 4 is 5.91 Å². The van der Waals surface area contributed by atoms with Gasteiger partial charge in [0.1, 0.15) is 24.1 Å². The van der Waals surface area contributed by atoms with Gasteiger partial charge < -0.3 is 33.7 Å². The van der Waals surface area contributed by atoms with Crippen LogP contribution in [-0.2, 0) is 34.9 Å². The van der Waals surface area contributed by atoms with Gasteiger partial charge in [-0.2, -0.15) is 0 Å². The molecule has 3 saturated heterocycles. The Labute approximate surface area is 170 Å². The van der Waals surface area contributed by atoms with Crippen molar-refractivity contribution in [1.82, 2.24) is 5.32 Å². The molecule has 1 amide bonds. The first-order chi connectivity index (χ1) is 13.7. The maximum Gasteiger partial charge on any atom is 0.252 e. The van der Waals surface area contributed by atoms with Crippen molar-refractivity contribution in [1.29, 1.82) is 0 Å². The fourth-order valence-corrected chi connectivity index (χ4v) is 4.15. The molecule has 0 saturated carbocycles. The molecule has 4 rings (SSSR count). The van der Waals surface area contributed by atoms with Crippen LogP contribution >= 0.6 is 0 Å². The van der Waals surface area contributed by atoms with Crippen molar-refractivity contribution in [3.8, 4) is 5.75 Å². The van der Waals surface area contributed by atoms with Gasteiger partial charge in [0.2, 0.25) is 0 Å². The van der Waals surface area contributed by atoms with Crippen molar-refractivity contribution < 1.29 is 33.2 Å². The van der Waals surface area contributed by atoms with E-state index in [1.54, 1.807) is 7.11 Å². The standard InChI is InChI=1S/C21H29NO7/c1-20(2)26-14-15(27-20)17-19(29-21(3,4)28-17)25-16(14)18(23)22-11-10-12-8-6-7-9-13(12)24-5/h6-9,14-17,19H,10-11H2,1-5H3,(H,22,23). The Balaban J connectivity index is 1.43. The molecule has 160 valence electrons. The topological polar surface area (TPSA) is 84.5 Å². The highest BCUT2D eigenvalue weighted by atomic mass is 16.9. The molecule has 1 aromatic rings. The van der Waals surface area contributed by atoms with Gasteiger partial charge in [-0.05, 0) is 45.7 Å². The number of amides is 1. The molecule has 8 nitrogen and oxygen atoms in total. The maximum atomic E-state index is 12.9. The molecule has 3 fully saturated rings. The van der Waals surface area contributed by atoms with Crippen molar-refractivity contribution in [2.45, 2.75) is 76.4 Å². The predicted molar refractivity (Wildman–Crippen MR) is 102 cm³/mol. The van der Waals surface area contributed by atoms with Gasteiger partial charge in [0.05, 0.1) is 7.11 Å². The van der Waals surface area contributed by atoms with Crippen molar-refractivity contribution in [3.63, 3.8) is 0 Å². The van der Waals surface area contributed by atoms with Gasteiger partial charge in [0.25, 0.3) is 5.91 Å². The molecule has 0 aromatic heterocycles. The van der Waals surface area contributed by atoms with Gasteiger partial charge in [-0.25, -0.2) is 0 Å². The second-order valence-corrected chi connectivity index (χ2v) is 8.44. The maximum absolute atomic E-state index is 12.9. The summed E-state index contributed by atoms with van der Waals surface area (Å²) in [4.78, 5) is 12.9. The van der Waals surface area contributed by atoms with E-state index in [1.807, 2.05) is 52.0 Å². The quantitative estimate of drug-likeness (QED) is 0.796. The fraction of sp³-hybridized carbons (Fsp3) is 0.667. The Bertz CT molecular complexity index is 765. The number of nitrogens with one attached hydrogen (secondary N) is 1. The lowest BCUT2D eigenvalue weighted by Gasteiger charge is -2.36. The molecule has 3 aliphatic rings. The number of ether oxygens (including phenoxy) is 6. The van der Waals surface area contributed by atoms with Crippen LogP contribution in [-0.4, -0.2) is 61.8 Å². The first kappa shape index (κ1) is 20.6. The van der Waals surface area contributed by atoms with Gasteiger partial charge in [-0.3, -0.25) is 4.79 Å². The Morgan fingerprint density at radius 3 is 2.41 bits per heavy atom. The van der Waals surface area contributed by atoms with Gasteiger partial charge in [-0.15, -0.1) is 0 Å². The third-order valence-corrected chi connectivity index (χ3v) is 5.30. The summed E-state index contributed by atoms with van der Waals surface area (Å²) in [5.74, 6) is -1.11. The number of methoxy groups -OCH3 is 1. The molecule has 29 heavy (non-hydrogen) atoms. The van der Waals surface area contributed by atoms with Crippen LogP contribution in [0.2, 0.25) is 0 Å². The molecule has 1 N–H and O–H groups in total. The molecule has 0 radical (unpaired) electrons. The van der Waals surface area contributed by atoms with Gasteiger partial charge in [0, 0.05) is 6.54 Å². The second kappa shape index (κ2) is 7.52. The van der Waals surface area contributed by atoms with Gasteiger partial charge in [0.15, 0.2) is 24.0 Å². The number of hydrogen-bond acceptors (Lipinski definition) is 7. The van der Waals surface area contributed by atoms with Crippen LogP contribution in [0.25, 0.3) is 0 Å². The van der Waals surface area contributed by atoms with Crippen LogP contribution in [0.15, 0.2) is 24.3 Å². The minimum atomic E-state index is -0.849. The van der Waals surface area contributed by atoms with E-state index in [-0.39, 0.29) is 5.91 Å². The lowest BCUT2D eigenvalue weighted by atomic mass is 9.98. The second-order valence-electron chi connectivity index (χ2n) is 8.44. The normalized spacial score (nSPS) is 34.3. The van der Waals surface area contributed by atoms with E-state index < -0.39 is 42.3 Å².